The molecule has 0 radical (unpaired) electrons. The van der Waals surface area contributed by atoms with Crippen molar-refractivity contribution in [3.8, 4) is 0 Å². The average Bonchev–Trinajstić information content (AvgIpc) is 2.74. The summed E-state index contributed by atoms with van der Waals surface area (Å²) in [5, 5.41) is 2.91. The van der Waals surface area contributed by atoms with Gasteiger partial charge < -0.3 is 10.2 Å². The van der Waals surface area contributed by atoms with Gasteiger partial charge in [-0.3, -0.25) is 9.59 Å². The molecule has 2 fully saturated rings. The Bertz CT molecular complexity index is 864. The summed E-state index contributed by atoms with van der Waals surface area (Å²) >= 11 is 12.0. The number of halogens is 2. The highest BCUT2D eigenvalue weighted by Gasteiger charge is 2.32. The maximum Gasteiger partial charge on any atom is 0.244 e. The third kappa shape index (κ3) is 5.23. The number of sulfonamides is 1. The molecule has 7 nitrogen and oxygen atoms in total. The van der Waals surface area contributed by atoms with Gasteiger partial charge in [-0.1, -0.05) is 48.5 Å². The molecule has 29 heavy (non-hydrogen) atoms. The number of nitrogens with zero attached hydrogens (tertiary/aromatic N) is 2. The van der Waals surface area contributed by atoms with Crippen LogP contribution in [0.3, 0.4) is 0 Å². The van der Waals surface area contributed by atoms with Crippen molar-refractivity contribution in [1.29, 1.82) is 0 Å². The van der Waals surface area contributed by atoms with Crippen molar-refractivity contribution in [1.82, 2.24) is 14.5 Å². The highest BCUT2D eigenvalue weighted by molar-refractivity contribution is 7.89. The lowest BCUT2D eigenvalue weighted by atomic mass is 9.89. The van der Waals surface area contributed by atoms with E-state index in [2.05, 4.69) is 5.32 Å². The summed E-state index contributed by atoms with van der Waals surface area (Å²) in [6, 6.07) is 4.48. The van der Waals surface area contributed by atoms with Gasteiger partial charge in [0.15, 0.2) is 0 Å². The Hall–Kier alpha value is -1.35. The van der Waals surface area contributed by atoms with Gasteiger partial charge >= 0.3 is 0 Å². The van der Waals surface area contributed by atoms with Gasteiger partial charge in [0.1, 0.15) is 4.90 Å². The molecule has 0 spiro atoms. The first kappa shape index (κ1) is 22.3. The van der Waals surface area contributed by atoms with Crippen LogP contribution in [0, 0.1) is 5.92 Å². The first-order chi connectivity index (χ1) is 13.8. The number of hydrogen-bond donors (Lipinski definition) is 1. The van der Waals surface area contributed by atoms with Crippen LogP contribution < -0.4 is 5.32 Å². The average molecular weight is 462 g/mol. The van der Waals surface area contributed by atoms with Gasteiger partial charge in [0.25, 0.3) is 0 Å². The van der Waals surface area contributed by atoms with Gasteiger partial charge in [-0.25, -0.2) is 8.42 Å². The van der Waals surface area contributed by atoms with E-state index in [1.807, 2.05) is 0 Å². The van der Waals surface area contributed by atoms with Crippen molar-refractivity contribution >= 4 is 45.0 Å². The predicted octanol–water partition coefficient (Wildman–Crippen LogP) is 2.52. The first-order valence-electron chi connectivity index (χ1n) is 9.80. The summed E-state index contributed by atoms with van der Waals surface area (Å²) in [5.74, 6) is -0.261. The highest BCUT2D eigenvalue weighted by atomic mass is 35.5. The monoisotopic (exact) mass is 461 g/mol. The maximum atomic E-state index is 12.8. The van der Waals surface area contributed by atoms with Gasteiger partial charge in [0, 0.05) is 32.1 Å². The third-order valence-electron chi connectivity index (χ3n) is 5.52. The molecular weight excluding hydrogens is 437 g/mol. The number of hydrogen-bond acceptors (Lipinski definition) is 4. The Labute approximate surface area is 181 Å². The molecule has 160 valence electrons. The topological polar surface area (TPSA) is 86.8 Å². The molecule has 1 saturated heterocycles. The summed E-state index contributed by atoms with van der Waals surface area (Å²) in [6.07, 6.45) is 5.03. The molecule has 0 aromatic heterocycles. The number of carbonyl (C=O) groups excluding carboxylic acids is 2. The van der Waals surface area contributed by atoms with E-state index in [-0.39, 0.29) is 65.4 Å². The van der Waals surface area contributed by atoms with E-state index in [9.17, 15) is 18.0 Å². The zero-order valence-electron chi connectivity index (χ0n) is 16.1. The molecule has 2 aliphatic rings. The minimum Gasteiger partial charge on any atom is -0.347 e. The summed E-state index contributed by atoms with van der Waals surface area (Å²) < 4.78 is 27.0. The second-order valence-corrected chi connectivity index (χ2v) is 10.1. The van der Waals surface area contributed by atoms with Crippen molar-refractivity contribution in [2.45, 2.75) is 37.0 Å². The van der Waals surface area contributed by atoms with Gasteiger partial charge in [0.05, 0.1) is 16.6 Å². The lowest BCUT2D eigenvalue weighted by molar-refractivity contribution is -0.135. The number of benzene rings is 1. The van der Waals surface area contributed by atoms with Crippen molar-refractivity contribution in [3.05, 3.63) is 28.2 Å². The fourth-order valence-electron chi connectivity index (χ4n) is 3.78. The lowest BCUT2D eigenvalue weighted by Gasteiger charge is -2.34. The minimum absolute atomic E-state index is 0.000912. The molecule has 1 aromatic carbocycles. The lowest BCUT2D eigenvalue weighted by Crippen LogP contribution is -2.52. The number of rotatable bonds is 5. The van der Waals surface area contributed by atoms with Gasteiger partial charge in [-0.2, -0.15) is 4.31 Å². The van der Waals surface area contributed by atoms with E-state index in [0.717, 1.165) is 32.1 Å². The van der Waals surface area contributed by atoms with Crippen LogP contribution in [0.25, 0.3) is 0 Å². The molecule has 2 amide bonds. The van der Waals surface area contributed by atoms with E-state index in [1.165, 1.54) is 22.5 Å². The van der Waals surface area contributed by atoms with Crippen molar-refractivity contribution in [2.24, 2.45) is 5.92 Å². The Morgan fingerprint density at radius 1 is 1.03 bits per heavy atom. The second kappa shape index (κ2) is 9.64. The highest BCUT2D eigenvalue weighted by Crippen LogP contribution is 2.31. The normalized spacial score (nSPS) is 19.2. The Morgan fingerprint density at radius 2 is 1.69 bits per heavy atom. The van der Waals surface area contributed by atoms with E-state index in [4.69, 9.17) is 23.2 Å². The van der Waals surface area contributed by atoms with Crippen LogP contribution >= 0.6 is 23.2 Å². The Balaban J connectivity index is 1.52. The summed E-state index contributed by atoms with van der Waals surface area (Å²) in [7, 11) is -3.80. The molecule has 3 rings (SSSR count). The fourth-order valence-corrected chi connectivity index (χ4v) is 5.94. The standard InChI is InChI=1S/C19H25Cl2N3O4S/c20-15-7-4-8-16(18(15)21)29(27,28)24-11-9-23(10-12-24)17(25)13-22-19(26)14-5-2-1-3-6-14/h4,7-8,14H,1-3,5-6,9-13H2,(H,22,26). The zero-order valence-corrected chi connectivity index (χ0v) is 18.4. The molecule has 1 aliphatic heterocycles. The van der Waals surface area contributed by atoms with Crippen LogP contribution in [-0.4, -0.2) is 62.2 Å². The SMILES string of the molecule is O=C(NCC(=O)N1CCN(S(=O)(=O)c2cccc(Cl)c2Cl)CC1)C1CCCCC1. The van der Waals surface area contributed by atoms with Gasteiger partial charge in [0.2, 0.25) is 21.8 Å². The van der Waals surface area contributed by atoms with Crippen molar-refractivity contribution < 1.29 is 18.0 Å². The minimum atomic E-state index is -3.80. The fraction of sp³-hybridized carbons (Fsp3) is 0.579. The molecular formula is C19H25Cl2N3O4S. The zero-order chi connectivity index (χ0) is 21.0. The Kier molecular flexibility index (Phi) is 7.42. The first-order valence-corrected chi connectivity index (χ1v) is 12.0. The predicted molar refractivity (Wildman–Crippen MR) is 111 cm³/mol. The van der Waals surface area contributed by atoms with Crippen LogP contribution in [-0.2, 0) is 19.6 Å². The van der Waals surface area contributed by atoms with Crippen LogP contribution in [0.5, 0.6) is 0 Å². The number of piperazine rings is 1. The third-order valence-corrected chi connectivity index (χ3v) is 8.39. The molecule has 0 unspecified atom stereocenters. The smallest absolute Gasteiger partial charge is 0.244 e. The number of carbonyl (C=O) groups is 2. The summed E-state index contributed by atoms with van der Waals surface area (Å²) in [6.45, 7) is 0.786. The summed E-state index contributed by atoms with van der Waals surface area (Å²) in [4.78, 5) is 26.1. The van der Waals surface area contributed by atoms with Crippen LogP contribution in [0.15, 0.2) is 23.1 Å². The second-order valence-electron chi connectivity index (χ2n) is 7.39. The molecule has 1 heterocycles. The Morgan fingerprint density at radius 3 is 2.34 bits per heavy atom. The van der Waals surface area contributed by atoms with E-state index < -0.39 is 10.0 Å². The van der Waals surface area contributed by atoms with E-state index in [0.29, 0.717) is 0 Å². The van der Waals surface area contributed by atoms with Crippen LogP contribution in [0.2, 0.25) is 10.0 Å². The van der Waals surface area contributed by atoms with E-state index in [1.54, 1.807) is 4.90 Å². The van der Waals surface area contributed by atoms with Crippen LogP contribution in [0.1, 0.15) is 32.1 Å². The van der Waals surface area contributed by atoms with Crippen molar-refractivity contribution in [3.63, 3.8) is 0 Å². The molecule has 10 heteroatoms. The molecule has 0 atom stereocenters. The van der Waals surface area contributed by atoms with Gasteiger partial charge in [-0.05, 0) is 25.0 Å². The van der Waals surface area contributed by atoms with Crippen molar-refractivity contribution in [2.75, 3.05) is 32.7 Å². The van der Waals surface area contributed by atoms with Gasteiger partial charge in [-0.15, -0.1) is 0 Å². The van der Waals surface area contributed by atoms with E-state index >= 15 is 0 Å². The largest absolute Gasteiger partial charge is 0.347 e. The molecule has 1 saturated carbocycles. The molecule has 1 N–H and O–H groups in total. The molecule has 1 aliphatic carbocycles. The summed E-state index contributed by atoms with van der Waals surface area (Å²) in [5.41, 5.74) is 0. The maximum absolute atomic E-state index is 12.8. The molecule has 1 aromatic rings. The number of nitrogens with one attached hydrogen (secondary N) is 1. The van der Waals surface area contributed by atoms with Crippen LogP contribution in [0.4, 0.5) is 0 Å². The number of amides is 2. The molecule has 0 bridgehead atoms. The quantitative estimate of drug-likeness (QED) is 0.729.